The third kappa shape index (κ3) is 9.19. The first-order chi connectivity index (χ1) is 11.2. The van der Waals surface area contributed by atoms with Gasteiger partial charge in [0.25, 0.3) is 0 Å². The zero-order valence-electron chi connectivity index (χ0n) is 14.5. The number of amides is 2. The number of hydrogen-bond acceptors (Lipinski definition) is 7. The highest BCUT2D eigenvalue weighted by Crippen LogP contribution is 2.13. The Morgan fingerprint density at radius 3 is 2.75 bits per heavy atom. The van der Waals surface area contributed by atoms with E-state index >= 15 is 0 Å². The van der Waals surface area contributed by atoms with Crippen molar-refractivity contribution in [2.75, 3.05) is 18.0 Å². The lowest BCUT2D eigenvalue weighted by Gasteiger charge is -2.21. The molecule has 0 aliphatic carbocycles. The summed E-state index contributed by atoms with van der Waals surface area (Å²) in [6.07, 6.45) is 1.25. The molecular formula is C15H25N5O3S. The highest BCUT2D eigenvalue weighted by Gasteiger charge is 2.18. The van der Waals surface area contributed by atoms with Crippen LogP contribution >= 0.6 is 11.8 Å². The van der Waals surface area contributed by atoms with E-state index in [1.807, 2.05) is 0 Å². The number of nitrogen functional groups attached to an aromatic ring is 1. The fourth-order valence-electron chi connectivity index (χ4n) is 1.69. The molecule has 1 aromatic rings. The van der Waals surface area contributed by atoms with Crippen molar-refractivity contribution >= 4 is 29.7 Å². The normalized spacial score (nSPS) is 12.3. The second-order valence-corrected chi connectivity index (χ2v) is 7.32. The van der Waals surface area contributed by atoms with E-state index in [0.717, 1.165) is 5.03 Å². The number of nitrogens with one attached hydrogen (secondary N) is 2. The van der Waals surface area contributed by atoms with Gasteiger partial charge in [-0.1, -0.05) is 0 Å². The summed E-state index contributed by atoms with van der Waals surface area (Å²) in [5.41, 5.74) is 4.93. The molecule has 1 unspecified atom stereocenters. The molecule has 0 spiro atoms. The Morgan fingerprint density at radius 1 is 1.42 bits per heavy atom. The number of alkyl carbamates (subject to hydrolysis) is 1. The number of rotatable bonds is 7. The van der Waals surface area contributed by atoms with E-state index < -0.39 is 11.7 Å². The molecular weight excluding hydrogens is 330 g/mol. The summed E-state index contributed by atoms with van der Waals surface area (Å²) in [7, 11) is 0. The Balaban J connectivity index is 2.20. The molecule has 1 rings (SSSR count). The van der Waals surface area contributed by atoms with Crippen LogP contribution in [0, 0.1) is 0 Å². The molecule has 2 amide bonds. The summed E-state index contributed by atoms with van der Waals surface area (Å²) in [5.74, 6) is 0.753. The van der Waals surface area contributed by atoms with Crippen molar-refractivity contribution in [1.82, 2.24) is 20.6 Å². The molecule has 0 aliphatic heterocycles. The smallest absolute Gasteiger partial charge is 0.407 e. The van der Waals surface area contributed by atoms with Crippen LogP contribution in [0.3, 0.4) is 0 Å². The number of nitrogens with zero attached hydrogens (tertiary/aromatic N) is 2. The van der Waals surface area contributed by atoms with E-state index in [2.05, 4.69) is 20.6 Å². The van der Waals surface area contributed by atoms with Crippen molar-refractivity contribution in [1.29, 1.82) is 0 Å². The van der Waals surface area contributed by atoms with Crippen molar-refractivity contribution in [3.05, 3.63) is 12.3 Å². The Morgan fingerprint density at radius 2 is 2.12 bits per heavy atom. The standard InChI is InChI=1S/C15H25N5O3S/c1-10(19-14(22)23-15(2,3)4)9-11(21)17-7-8-24-12-5-6-18-13(16)20-12/h5-6,10H,7-9H2,1-4H3,(H,17,21)(H,19,22)(H2,16,18,20). The van der Waals surface area contributed by atoms with Crippen molar-refractivity contribution in [2.24, 2.45) is 0 Å². The Hall–Kier alpha value is -2.03. The summed E-state index contributed by atoms with van der Waals surface area (Å²) in [6.45, 7) is 7.60. The largest absolute Gasteiger partial charge is 0.444 e. The first kappa shape index (κ1) is 20.0. The maximum absolute atomic E-state index is 11.8. The van der Waals surface area contributed by atoms with Crippen molar-refractivity contribution < 1.29 is 14.3 Å². The van der Waals surface area contributed by atoms with Gasteiger partial charge in [-0.05, 0) is 33.8 Å². The number of ether oxygens (including phenoxy) is 1. The van der Waals surface area contributed by atoms with Gasteiger partial charge in [0, 0.05) is 31.0 Å². The molecule has 0 fully saturated rings. The van der Waals surface area contributed by atoms with E-state index in [4.69, 9.17) is 10.5 Å². The lowest BCUT2D eigenvalue weighted by molar-refractivity contribution is -0.121. The van der Waals surface area contributed by atoms with Gasteiger partial charge in [-0.3, -0.25) is 4.79 Å². The second-order valence-electron chi connectivity index (χ2n) is 6.20. The summed E-state index contributed by atoms with van der Waals surface area (Å²) >= 11 is 1.48. The van der Waals surface area contributed by atoms with Crippen LogP contribution in [0.4, 0.5) is 10.7 Å². The predicted octanol–water partition coefficient (Wildman–Crippen LogP) is 1.57. The summed E-state index contributed by atoms with van der Waals surface area (Å²) in [5, 5.41) is 6.19. The number of carbonyl (C=O) groups excluding carboxylic acids is 2. The molecule has 1 heterocycles. The summed E-state index contributed by atoms with van der Waals surface area (Å²) in [6, 6.07) is 1.45. The molecule has 1 aromatic heterocycles. The zero-order valence-corrected chi connectivity index (χ0v) is 15.3. The third-order valence-corrected chi connectivity index (χ3v) is 3.51. The van der Waals surface area contributed by atoms with Crippen LogP contribution < -0.4 is 16.4 Å². The molecule has 24 heavy (non-hydrogen) atoms. The highest BCUT2D eigenvalue weighted by atomic mass is 32.2. The minimum Gasteiger partial charge on any atom is -0.444 e. The van der Waals surface area contributed by atoms with Gasteiger partial charge in [0.15, 0.2) is 0 Å². The number of carbonyl (C=O) groups is 2. The SMILES string of the molecule is CC(CC(=O)NCCSc1ccnc(N)n1)NC(=O)OC(C)(C)C. The van der Waals surface area contributed by atoms with Gasteiger partial charge in [0.1, 0.15) is 10.6 Å². The highest BCUT2D eigenvalue weighted by molar-refractivity contribution is 7.99. The lowest BCUT2D eigenvalue weighted by atomic mass is 10.2. The van der Waals surface area contributed by atoms with Crippen LogP contribution in [0.2, 0.25) is 0 Å². The molecule has 0 bridgehead atoms. The zero-order chi connectivity index (χ0) is 18.2. The van der Waals surface area contributed by atoms with Crippen molar-refractivity contribution in [3.8, 4) is 0 Å². The molecule has 9 heteroatoms. The molecule has 8 nitrogen and oxygen atoms in total. The van der Waals surface area contributed by atoms with E-state index in [1.165, 1.54) is 11.8 Å². The van der Waals surface area contributed by atoms with E-state index in [0.29, 0.717) is 12.3 Å². The maximum atomic E-state index is 11.8. The third-order valence-electron chi connectivity index (χ3n) is 2.58. The molecule has 0 saturated carbocycles. The maximum Gasteiger partial charge on any atom is 0.407 e. The summed E-state index contributed by atoms with van der Waals surface area (Å²) < 4.78 is 5.14. The number of hydrogen-bond donors (Lipinski definition) is 3. The Kier molecular flexibility index (Phi) is 7.76. The number of anilines is 1. The first-order valence-corrected chi connectivity index (χ1v) is 8.62. The van der Waals surface area contributed by atoms with Crippen LogP contribution in [0.5, 0.6) is 0 Å². The lowest BCUT2D eigenvalue weighted by Crippen LogP contribution is -2.40. The van der Waals surface area contributed by atoms with Crippen LogP contribution in [0.25, 0.3) is 0 Å². The Bertz CT molecular complexity index is 562. The van der Waals surface area contributed by atoms with Crippen LogP contribution in [-0.4, -0.2) is 45.9 Å². The van der Waals surface area contributed by atoms with Gasteiger partial charge in [0.05, 0.1) is 0 Å². The van der Waals surface area contributed by atoms with Gasteiger partial charge < -0.3 is 21.1 Å². The van der Waals surface area contributed by atoms with Gasteiger partial charge in [0.2, 0.25) is 11.9 Å². The first-order valence-electron chi connectivity index (χ1n) is 7.63. The molecule has 134 valence electrons. The van der Waals surface area contributed by atoms with Crippen molar-refractivity contribution in [2.45, 2.75) is 50.8 Å². The van der Waals surface area contributed by atoms with Crippen LogP contribution in [0.15, 0.2) is 17.3 Å². The van der Waals surface area contributed by atoms with Gasteiger partial charge >= 0.3 is 6.09 Å². The number of aromatic nitrogens is 2. The minimum absolute atomic E-state index is 0.138. The fourth-order valence-corrected chi connectivity index (χ4v) is 2.42. The Labute approximate surface area is 146 Å². The quantitative estimate of drug-likeness (QED) is 0.386. The second kappa shape index (κ2) is 9.31. The number of thioether (sulfide) groups is 1. The average molecular weight is 355 g/mol. The fraction of sp³-hybridized carbons (Fsp3) is 0.600. The van der Waals surface area contributed by atoms with Crippen LogP contribution in [0.1, 0.15) is 34.1 Å². The van der Waals surface area contributed by atoms with Gasteiger partial charge in [-0.15, -0.1) is 11.8 Å². The van der Waals surface area contributed by atoms with Gasteiger partial charge in [-0.2, -0.15) is 0 Å². The van der Waals surface area contributed by atoms with E-state index in [1.54, 1.807) is 40.0 Å². The van der Waals surface area contributed by atoms with Crippen molar-refractivity contribution in [3.63, 3.8) is 0 Å². The number of nitrogens with two attached hydrogens (primary N) is 1. The summed E-state index contributed by atoms with van der Waals surface area (Å²) in [4.78, 5) is 31.3. The van der Waals surface area contributed by atoms with Gasteiger partial charge in [-0.25, -0.2) is 14.8 Å². The molecule has 0 saturated heterocycles. The molecule has 0 aliphatic rings. The average Bonchev–Trinajstić information content (AvgIpc) is 2.41. The molecule has 4 N–H and O–H groups in total. The minimum atomic E-state index is -0.562. The molecule has 0 radical (unpaired) electrons. The predicted molar refractivity (Wildman–Crippen MR) is 93.6 cm³/mol. The molecule has 1 atom stereocenters. The van der Waals surface area contributed by atoms with E-state index in [9.17, 15) is 9.59 Å². The monoisotopic (exact) mass is 355 g/mol. The van der Waals surface area contributed by atoms with E-state index in [-0.39, 0.29) is 24.3 Å². The molecule has 0 aromatic carbocycles. The van der Waals surface area contributed by atoms with Crippen LogP contribution in [-0.2, 0) is 9.53 Å². The topological polar surface area (TPSA) is 119 Å².